The van der Waals surface area contributed by atoms with Crippen molar-refractivity contribution >= 4 is 29.5 Å². The smallest absolute Gasteiger partial charge is 0.326 e. The van der Waals surface area contributed by atoms with Crippen molar-refractivity contribution in [3.05, 3.63) is 0 Å². The fourth-order valence-corrected chi connectivity index (χ4v) is 3.28. The first kappa shape index (κ1) is 28.7. The van der Waals surface area contributed by atoms with E-state index in [4.69, 9.17) is 9.84 Å². The van der Waals surface area contributed by atoms with Crippen LogP contribution in [0, 0.1) is 5.92 Å². The van der Waals surface area contributed by atoms with Gasteiger partial charge in [0.2, 0.25) is 11.8 Å². The van der Waals surface area contributed by atoms with Gasteiger partial charge in [0.05, 0.1) is 11.4 Å². The molecule has 0 rings (SSSR count). The molecule has 8 heteroatoms. The monoisotopic (exact) mass is 446 g/mol. The molecule has 0 saturated heterocycles. The van der Waals surface area contributed by atoms with E-state index < -0.39 is 12.0 Å². The summed E-state index contributed by atoms with van der Waals surface area (Å²) in [6, 6.07) is -0.850. The van der Waals surface area contributed by atoms with Crippen LogP contribution in [0.25, 0.3) is 0 Å². The largest absolute Gasteiger partial charge is 0.480 e. The SMILES string of the molecule is CCC(C)COC(C)(C)CCNC(=O)CSC(C)(C)CCC(=O)N(C)C(C)C(=O)O. The Kier molecular flexibility index (Phi) is 12.6. The van der Waals surface area contributed by atoms with Crippen molar-refractivity contribution < 1.29 is 24.2 Å². The molecule has 0 spiro atoms. The van der Waals surface area contributed by atoms with Crippen LogP contribution in [0.1, 0.15) is 74.1 Å². The highest BCUT2D eigenvalue weighted by Gasteiger charge is 2.26. The minimum atomic E-state index is -1.02. The van der Waals surface area contributed by atoms with E-state index in [9.17, 15) is 14.4 Å². The summed E-state index contributed by atoms with van der Waals surface area (Å²) in [4.78, 5) is 36.6. The molecule has 0 bridgehead atoms. The number of hydrogen-bond acceptors (Lipinski definition) is 5. The molecular weight excluding hydrogens is 404 g/mol. The van der Waals surface area contributed by atoms with Gasteiger partial charge in [0.25, 0.3) is 0 Å². The Morgan fingerprint density at radius 2 is 1.73 bits per heavy atom. The van der Waals surface area contributed by atoms with Crippen molar-refractivity contribution in [3.63, 3.8) is 0 Å². The average Bonchev–Trinajstić information content (AvgIpc) is 2.67. The highest BCUT2D eigenvalue weighted by Crippen LogP contribution is 2.29. The molecule has 0 aromatic rings. The summed E-state index contributed by atoms with van der Waals surface area (Å²) >= 11 is 1.50. The van der Waals surface area contributed by atoms with Crippen LogP contribution < -0.4 is 5.32 Å². The lowest BCUT2D eigenvalue weighted by molar-refractivity contribution is -0.148. The first-order valence-electron chi connectivity index (χ1n) is 10.7. The third-order valence-electron chi connectivity index (χ3n) is 5.37. The summed E-state index contributed by atoms with van der Waals surface area (Å²) < 4.78 is 5.69. The van der Waals surface area contributed by atoms with Crippen LogP contribution >= 0.6 is 11.8 Å². The third-order valence-corrected chi connectivity index (χ3v) is 6.76. The number of rotatable bonds is 15. The van der Waals surface area contributed by atoms with E-state index in [1.54, 1.807) is 0 Å². The third kappa shape index (κ3) is 12.4. The summed E-state index contributed by atoms with van der Waals surface area (Å²) in [5.41, 5.74) is -0.275. The van der Waals surface area contributed by atoms with Gasteiger partial charge in [-0.3, -0.25) is 9.59 Å². The molecule has 0 aliphatic rings. The second kappa shape index (κ2) is 13.2. The zero-order chi connectivity index (χ0) is 23.5. The van der Waals surface area contributed by atoms with E-state index >= 15 is 0 Å². The van der Waals surface area contributed by atoms with Crippen molar-refractivity contribution in [2.24, 2.45) is 5.92 Å². The number of nitrogens with zero attached hydrogens (tertiary/aromatic N) is 1. The van der Waals surface area contributed by atoms with E-state index in [0.717, 1.165) is 19.4 Å². The molecule has 2 atom stereocenters. The number of carbonyl (C=O) groups excluding carboxylic acids is 2. The van der Waals surface area contributed by atoms with E-state index in [0.29, 0.717) is 24.6 Å². The predicted molar refractivity (Wildman–Crippen MR) is 123 cm³/mol. The second-order valence-electron chi connectivity index (χ2n) is 9.25. The normalized spacial score (nSPS) is 14.1. The van der Waals surface area contributed by atoms with Gasteiger partial charge in [-0.25, -0.2) is 4.79 Å². The van der Waals surface area contributed by atoms with Gasteiger partial charge in [-0.15, -0.1) is 11.8 Å². The van der Waals surface area contributed by atoms with Crippen molar-refractivity contribution in [2.75, 3.05) is 26.0 Å². The number of thioether (sulfide) groups is 1. The molecule has 7 nitrogen and oxygen atoms in total. The van der Waals surface area contributed by atoms with Gasteiger partial charge in [-0.1, -0.05) is 34.1 Å². The quantitative estimate of drug-likeness (QED) is 0.399. The lowest BCUT2D eigenvalue weighted by atomic mass is 10.0. The van der Waals surface area contributed by atoms with Crippen molar-refractivity contribution in [2.45, 2.75) is 90.5 Å². The Bertz CT molecular complexity index is 566. The number of likely N-dealkylation sites (N-methyl/N-ethyl adjacent to an activating group) is 1. The molecule has 0 fully saturated rings. The van der Waals surface area contributed by atoms with E-state index in [1.807, 2.05) is 27.7 Å². The van der Waals surface area contributed by atoms with Gasteiger partial charge >= 0.3 is 5.97 Å². The molecule has 176 valence electrons. The van der Waals surface area contributed by atoms with Gasteiger partial charge in [0.1, 0.15) is 6.04 Å². The zero-order valence-corrected chi connectivity index (χ0v) is 20.9. The van der Waals surface area contributed by atoms with Crippen LogP contribution in [0.4, 0.5) is 0 Å². The highest BCUT2D eigenvalue weighted by atomic mass is 32.2. The number of aliphatic carboxylic acids is 1. The maximum Gasteiger partial charge on any atom is 0.326 e. The molecule has 0 radical (unpaired) electrons. The van der Waals surface area contributed by atoms with Gasteiger partial charge in [0.15, 0.2) is 0 Å². The Morgan fingerprint density at radius 1 is 1.13 bits per heavy atom. The summed E-state index contributed by atoms with van der Waals surface area (Å²) in [6.07, 6.45) is 2.64. The molecule has 0 aliphatic heterocycles. The Balaban J connectivity index is 4.24. The molecule has 30 heavy (non-hydrogen) atoms. The number of amides is 2. The summed E-state index contributed by atoms with van der Waals surface area (Å²) in [5.74, 6) is -0.422. The number of nitrogens with one attached hydrogen (secondary N) is 1. The van der Waals surface area contributed by atoms with Gasteiger partial charge in [-0.05, 0) is 39.5 Å². The Morgan fingerprint density at radius 3 is 2.27 bits per heavy atom. The highest BCUT2D eigenvalue weighted by molar-refractivity contribution is 8.01. The van der Waals surface area contributed by atoms with Crippen molar-refractivity contribution in [3.8, 4) is 0 Å². The first-order valence-corrected chi connectivity index (χ1v) is 11.7. The molecule has 0 aromatic carbocycles. The number of carbonyl (C=O) groups is 3. The molecule has 0 aliphatic carbocycles. The number of carboxylic acid groups (broad SMARTS) is 1. The molecule has 2 N–H and O–H groups in total. The van der Waals surface area contributed by atoms with Crippen LogP contribution in [0.15, 0.2) is 0 Å². The number of ether oxygens (including phenoxy) is 1. The summed E-state index contributed by atoms with van der Waals surface area (Å²) in [7, 11) is 1.50. The average molecular weight is 447 g/mol. The standard InChI is InChI=1S/C22H42N2O5S/c1-9-16(2)14-29-21(4,5)12-13-23-18(25)15-30-22(6,7)11-10-19(26)24(8)17(3)20(27)28/h16-17H,9-15H2,1-8H3,(H,23,25)(H,27,28). The fourth-order valence-electron chi connectivity index (χ4n) is 2.41. The first-order chi connectivity index (χ1) is 13.7. The molecule has 0 saturated carbocycles. The number of hydrogen-bond donors (Lipinski definition) is 2. The molecular formula is C22H42N2O5S. The molecule has 0 heterocycles. The summed E-state index contributed by atoms with van der Waals surface area (Å²) in [6.45, 7) is 15.1. The van der Waals surface area contributed by atoms with Crippen molar-refractivity contribution in [1.82, 2.24) is 10.2 Å². The summed E-state index contributed by atoms with van der Waals surface area (Å²) in [5, 5.41) is 12.0. The van der Waals surface area contributed by atoms with Crippen molar-refractivity contribution in [1.29, 1.82) is 0 Å². The molecule has 2 unspecified atom stereocenters. The van der Waals surface area contributed by atoms with Gasteiger partial charge in [-0.2, -0.15) is 0 Å². The Labute approximate surface area is 186 Å². The van der Waals surface area contributed by atoms with Gasteiger partial charge < -0.3 is 20.1 Å². The lowest BCUT2D eigenvalue weighted by Crippen LogP contribution is -2.40. The van der Waals surface area contributed by atoms with E-state index in [1.165, 1.54) is 30.6 Å². The zero-order valence-electron chi connectivity index (χ0n) is 20.0. The van der Waals surface area contributed by atoms with Crippen LogP contribution in [-0.2, 0) is 19.1 Å². The fraction of sp³-hybridized carbons (Fsp3) is 0.864. The molecule has 0 aromatic heterocycles. The molecule has 2 amide bonds. The predicted octanol–water partition coefficient (Wildman–Crippen LogP) is 3.56. The van der Waals surface area contributed by atoms with Crippen LogP contribution in [0.3, 0.4) is 0 Å². The Hall–Kier alpha value is -1.28. The maximum absolute atomic E-state index is 12.2. The van der Waals surface area contributed by atoms with Gasteiger partial charge in [0, 0.05) is 31.4 Å². The minimum Gasteiger partial charge on any atom is -0.480 e. The topological polar surface area (TPSA) is 95.9 Å². The van der Waals surface area contributed by atoms with Crippen LogP contribution in [0.5, 0.6) is 0 Å². The number of carboxylic acids is 1. The second-order valence-corrected chi connectivity index (χ2v) is 10.9. The van der Waals surface area contributed by atoms with E-state index in [-0.39, 0.29) is 28.6 Å². The maximum atomic E-state index is 12.2. The van der Waals surface area contributed by atoms with Crippen LogP contribution in [-0.4, -0.2) is 70.1 Å². The van der Waals surface area contributed by atoms with Crippen LogP contribution in [0.2, 0.25) is 0 Å². The lowest BCUT2D eigenvalue weighted by Gasteiger charge is -2.28. The van der Waals surface area contributed by atoms with E-state index in [2.05, 4.69) is 19.2 Å². The minimum absolute atomic E-state index is 0.0336.